The number of carbonyl (C=O) groups is 1. The van der Waals surface area contributed by atoms with Gasteiger partial charge in [-0.05, 0) is 68.4 Å². The van der Waals surface area contributed by atoms with E-state index in [1.54, 1.807) is 0 Å². The number of unbranched alkanes of at least 4 members (excludes halogenated alkanes) is 1. The first kappa shape index (κ1) is 24.8. The van der Waals surface area contributed by atoms with Crippen molar-refractivity contribution in [3.05, 3.63) is 23.5 Å². The number of fused-ring (bicyclic) bond motifs is 1. The fraction of sp³-hybridized carbons (Fsp3) is 0.833. The molecule has 0 aromatic rings. The maximum Gasteiger partial charge on any atom is 0.213 e. The van der Waals surface area contributed by atoms with Gasteiger partial charge in [-0.15, -0.1) is 0 Å². The Morgan fingerprint density at radius 1 is 1.16 bits per heavy atom. The Hall–Kier alpha value is -1.25. The van der Waals surface area contributed by atoms with Crippen LogP contribution in [0.1, 0.15) is 79.6 Å². The predicted octanol–water partition coefficient (Wildman–Crippen LogP) is 4.63. The van der Waals surface area contributed by atoms with Crippen LogP contribution in [0.3, 0.4) is 0 Å². The predicted molar refractivity (Wildman–Crippen MR) is 134 cm³/mol. The second-order valence-corrected chi connectivity index (χ2v) is 13.8. The lowest BCUT2D eigenvalue weighted by Crippen LogP contribution is -2.87. The molecule has 3 saturated carbocycles. The van der Waals surface area contributed by atoms with Gasteiger partial charge in [0.2, 0.25) is 5.79 Å². The van der Waals surface area contributed by atoms with Gasteiger partial charge in [0.1, 0.15) is 17.3 Å². The molecule has 4 bridgehead atoms. The number of hydrogen-bond acceptors (Lipinski definition) is 7. The molecule has 8 rings (SSSR count). The molecular weight excluding hydrogens is 472 g/mol. The summed E-state index contributed by atoms with van der Waals surface area (Å²) in [6.07, 6.45) is 4.53. The lowest BCUT2D eigenvalue weighted by Gasteiger charge is -2.77. The fourth-order valence-corrected chi connectivity index (χ4v) is 10.1. The van der Waals surface area contributed by atoms with E-state index in [4.69, 9.17) is 23.7 Å². The van der Waals surface area contributed by atoms with Crippen LogP contribution in [0, 0.1) is 34.0 Å². The molecule has 0 aromatic heterocycles. The Balaban J connectivity index is 1.43. The van der Waals surface area contributed by atoms with Gasteiger partial charge in [0, 0.05) is 18.3 Å². The van der Waals surface area contributed by atoms with Crippen molar-refractivity contribution in [2.24, 2.45) is 34.0 Å². The lowest BCUT2D eigenvalue weighted by atomic mass is 9.36. The molecule has 4 aliphatic heterocycles. The SMILES string of the molecule is C=C1C(=O)C23C4OC(C)(C)OC25OCC2(C6=C(CCC(OCCCC)O6)CC(C)(C)C2C5O)C3CCC14. The van der Waals surface area contributed by atoms with Crippen molar-refractivity contribution in [3.63, 3.8) is 0 Å². The van der Waals surface area contributed by atoms with Crippen molar-refractivity contribution in [2.45, 2.75) is 110 Å². The monoisotopic (exact) mass is 514 g/mol. The summed E-state index contributed by atoms with van der Waals surface area (Å²) in [7, 11) is 0. The van der Waals surface area contributed by atoms with Crippen molar-refractivity contribution in [2.75, 3.05) is 13.2 Å². The third-order valence-corrected chi connectivity index (χ3v) is 11.0. The van der Waals surface area contributed by atoms with Gasteiger partial charge in [0.25, 0.3) is 0 Å². The van der Waals surface area contributed by atoms with E-state index in [0.29, 0.717) is 18.8 Å². The standard InChI is InChI=1S/C30H42O7/c1-7-8-13-33-20-12-9-17-14-26(3,4)21-23(32)30-29-19(28(21,15-34-30)24(17)35-20)11-10-18(16(2)22(29)31)25(29)36-27(5,6)37-30/h18-21,23,25,32H,2,7-15H2,1,3-6H3. The van der Waals surface area contributed by atoms with Gasteiger partial charge in [-0.2, -0.15) is 0 Å². The molecule has 6 fully saturated rings. The molecule has 4 heterocycles. The second-order valence-electron chi connectivity index (χ2n) is 13.8. The Bertz CT molecular complexity index is 1090. The molecule has 3 saturated heterocycles. The molecule has 0 amide bonds. The number of ketones is 1. The van der Waals surface area contributed by atoms with Gasteiger partial charge in [0.05, 0.1) is 24.7 Å². The maximum absolute atomic E-state index is 14.4. The number of ether oxygens (including phenoxy) is 5. The summed E-state index contributed by atoms with van der Waals surface area (Å²) in [5, 5.41) is 12.4. The van der Waals surface area contributed by atoms with Crippen LogP contribution >= 0.6 is 0 Å². The van der Waals surface area contributed by atoms with Gasteiger partial charge < -0.3 is 28.8 Å². The fourth-order valence-electron chi connectivity index (χ4n) is 10.1. The molecular formula is C30H42O7. The van der Waals surface area contributed by atoms with Crippen molar-refractivity contribution in [1.29, 1.82) is 0 Å². The van der Waals surface area contributed by atoms with Crippen LogP contribution in [-0.4, -0.2) is 54.2 Å². The summed E-state index contributed by atoms with van der Waals surface area (Å²) in [5.74, 6) is -2.00. The molecule has 9 atom stereocenters. The molecule has 37 heavy (non-hydrogen) atoms. The summed E-state index contributed by atoms with van der Waals surface area (Å²) in [4.78, 5) is 14.4. The van der Waals surface area contributed by atoms with Crippen molar-refractivity contribution >= 4 is 5.78 Å². The highest BCUT2D eigenvalue weighted by atomic mass is 16.8. The Morgan fingerprint density at radius 3 is 2.70 bits per heavy atom. The van der Waals surface area contributed by atoms with E-state index in [0.717, 1.165) is 50.7 Å². The van der Waals surface area contributed by atoms with Crippen LogP contribution in [0.4, 0.5) is 0 Å². The smallest absolute Gasteiger partial charge is 0.213 e. The van der Waals surface area contributed by atoms with Crippen molar-refractivity contribution in [1.82, 2.24) is 0 Å². The van der Waals surface area contributed by atoms with Gasteiger partial charge in [-0.25, -0.2) is 0 Å². The van der Waals surface area contributed by atoms with E-state index in [1.165, 1.54) is 5.57 Å². The Morgan fingerprint density at radius 2 is 1.95 bits per heavy atom. The van der Waals surface area contributed by atoms with E-state index in [2.05, 4.69) is 27.4 Å². The molecule has 7 heteroatoms. The number of aliphatic hydroxyl groups is 1. The Kier molecular flexibility index (Phi) is 5.01. The molecule has 204 valence electrons. The zero-order chi connectivity index (χ0) is 26.2. The lowest BCUT2D eigenvalue weighted by molar-refractivity contribution is -0.527. The first-order valence-corrected chi connectivity index (χ1v) is 14.4. The summed E-state index contributed by atoms with van der Waals surface area (Å²) in [6, 6.07) is 0. The zero-order valence-electron chi connectivity index (χ0n) is 22.9. The van der Waals surface area contributed by atoms with E-state index in [-0.39, 0.29) is 35.2 Å². The van der Waals surface area contributed by atoms with E-state index < -0.39 is 34.6 Å². The van der Waals surface area contributed by atoms with E-state index in [1.807, 2.05) is 13.8 Å². The van der Waals surface area contributed by atoms with Gasteiger partial charge >= 0.3 is 0 Å². The largest absolute Gasteiger partial charge is 0.469 e. The molecule has 0 radical (unpaired) electrons. The highest BCUT2D eigenvalue weighted by molar-refractivity contribution is 6.05. The highest BCUT2D eigenvalue weighted by Crippen LogP contribution is 2.80. The number of Topliss-reactive ketones (excluding diaryl/α,β-unsaturated/α-hetero) is 1. The maximum atomic E-state index is 14.4. The van der Waals surface area contributed by atoms with Crippen LogP contribution < -0.4 is 0 Å². The molecule has 4 aliphatic carbocycles. The molecule has 8 aliphatic rings. The minimum absolute atomic E-state index is 0.0471. The number of rotatable bonds is 4. The molecule has 3 spiro atoms. The number of allylic oxidation sites excluding steroid dienone is 1. The van der Waals surface area contributed by atoms with E-state index in [9.17, 15) is 9.90 Å². The third kappa shape index (κ3) is 2.69. The van der Waals surface area contributed by atoms with Gasteiger partial charge in [-0.1, -0.05) is 33.8 Å². The molecule has 7 nitrogen and oxygen atoms in total. The molecule has 1 N–H and O–H groups in total. The van der Waals surface area contributed by atoms with Crippen LogP contribution in [0.15, 0.2) is 23.5 Å². The first-order chi connectivity index (χ1) is 17.5. The van der Waals surface area contributed by atoms with Crippen LogP contribution in [0.25, 0.3) is 0 Å². The summed E-state index contributed by atoms with van der Waals surface area (Å²) in [6.45, 7) is 15.7. The molecule has 9 unspecified atom stereocenters. The van der Waals surface area contributed by atoms with Gasteiger partial charge in [-0.3, -0.25) is 4.79 Å². The van der Waals surface area contributed by atoms with Crippen LogP contribution in [-0.2, 0) is 28.5 Å². The van der Waals surface area contributed by atoms with Crippen LogP contribution in [0.2, 0.25) is 0 Å². The van der Waals surface area contributed by atoms with Gasteiger partial charge in [0.15, 0.2) is 17.9 Å². The third-order valence-electron chi connectivity index (χ3n) is 11.0. The Labute approximate surface area is 219 Å². The summed E-state index contributed by atoms with van der Waals surface area (Å²) < 4.78 is 33.0. The quantitative estimate of drug-likeness (QED) is 0.433. The topological polar surface area (TPSA) is 83.5 Å². The number of carbonyl (C=O) groups excluding carboxylic acids is 1. The average Bonchev–Trinajstić information content (AvgIpc) is 2.94. The minimum atomic E-state index is -1.47. The molecule has 0 aromatic carbocycles. The van der Waals surface area contributed by atoms with Crippen molar-refractivity contribution < 1.29 is 33.6 Å². The second kappa shape index (κ2) is 7.48. The van der Waals surface area contributed by atoms with Crippen LogP contribution in [0.5, 0.6) is 0 Å². The number of aliphatic hydroxyl groups excluding tert-OH is 1. The van der Waals surface area contributed by atoms with Crippen molar-refractivity contribution in [3.8, 4) is 0 Å². The van der Waals surface area contributed by atoms with E-state index >= 15 is 0 Å². The highest BCUT2D eigenvalue weighted by Gasteiger charge is 2.90. The number of hydrogen-bond donors (Lipinski definition) is 1. The first-order valence-electron chi connectivity index (χ1n) is 14.4. The summed E-state index contributed by atoms with van der Waals surface area (Å²) in [5.41, 5.74) is -0.130. The summed E-state index contributed by atoms with van der Waals surface area (Å²) >= 11 is 0. The zero-order valence-corrected chi connectivity index (χ0v) is 22.9. The minimum Gasteiger partial charge on any atom is -0.469 e. The normalized spacial score (nSPS) is 50.3. The average molecular weight is 515 g/mol.